The number of rotatable bonds is 6. The summed E-state index contributed by atoms with van der Waals surface area (Å²) < 4.78 is 0. The Morgan fingerprint density at radius 3 is 2.75 bits per heavy atom. The van der Waals surface area contributed by atoms with Crippen molar-refractivity contribution < 1.29 is 0 Å². The molecule has 4 heteroatoms. The second kappa shape index (κ2) is 7.11. The van der Waals surface area contributed by atoms with Crippen LogP contribution >= 0.6 is 22.9 Å². The lowest BCUT2D eigenvalue weighted by Crippen LogP contribution is -2.31. The number of para-hydroxylation sites is 1. The summed E-state index contributed by atoms with van der Waals surface area (Å²) in [5, 5.41) is 2.92. The molecule has 1 aromatic heterocycles. The predicted octanol–water partition coefficient (Wildman–Crippen LogP) is 3.97. The van der Waals surface area contributed by atoms with E-state index in [4.69, 9.17) is 17.3 Å². The van der Waals surface area contributed by atoms with Crippen molar-refractivity contribution in [1.29, 1.82) is 0 Å². The van der Waals surface area contributed by atoms with Crippen molar-refractivity contribution in [2.24, 2.45) is 5.73 Å². The summed E-state index contributed by atoms with van der Waals surface area (Å²) in [5.74, 6) is 0. The van der Waals surface area contributed by atoms with Crippen molar-refractivity contribution in [2.45, 2.75) is 25.8 Å². The summed E-state index contributed by atoms with van der Waals surface area (Å²) in [6, 6.07) is 10.7. The molecule has 0 amide bonds. The van der Waals surface area contributed by atoms with Gasteiger partial charge in [-0.3, -0.25) is 0 Å². The Morgan fingerprint density at radius 2 is 2.10 bits per heavy atom. The van der Waals surface area contributed by atoms with Crippen LogP contribution in [0.4, 0.5) is 5.69 Å². The van der Waals surface area contributed by atoms with E-state index in [1.165, 1.54) is 10.4 Å². The van der Waals surface area contributed by atoms with E-state index < -0.39 is 0 Å². The molecule has 1 heterocycles. The van der Waals surface area contributed by atoms with E-state index in [9.17, 15) is 0 Å². The lowest BCUT2D eigenvalue weighted by atomic mass is 10.1. The molecule has 0 saturated heterocycles. The average Bonchev–Trinajstić information content (AvgIpc) is 2.91. The molecular weight excluding hydrogens is 288 g/mol. The molecule has 2 N–H and O–H groups in total. The molecule has 0 spiro atoms. The smallest absolute Gasteiger partial charge is 0.0642 e. The maximum absolute atomic E-state index is 6.41. The maximum atomic E-state index is 6.41. The fourth-order valence-electron chi connectivity index (χ4n) is 2.39. The van der Waals surface area contributed by atoms with Crippen molar-refractivity contribution >= 4 is 28.6 Å². The van der Waals surface area contributed by atoms with Gasteiger partial charge in [0.25, 0.3) is 0 Å². The third-order valence-electron chi connectivity index (χ3n) is 3.57. The number of likely N-dealkylation sites (N-methyl/N-ethyl adjacent to an activating group) is 1. The number of thiophene rings is 1. The van der Waals surface area contributed by atoms with Gasteiger partial charge in [0.05, 0.1) is 10.7 Å². The van der Waals surface area contributed by atoms with Gasteiger partial charge in [0, 0.05) is 24.4 Å². The van der Waals surface area contributed by atoms with Crippen LogP contribution in [0.2, 0.25) is 5.02 Å². The van der Waals surface area contributed by atoms with E-state index in [1.54, 1.807) is 11.3 Å². The fraction of sp³-hybridized carbons (Fsp3) is 0.375. The lowest BCUT2D eigenvalue weighted by Gasteiger charge is -2.30. The molecule has 20 heavy (non-hydrogen) atoms. The number of benzene rings is 1. The summed E-state index contributed by atoms with van der Waals surface area (Å²) in [4.78, 5) is 3.67. The number of anilines is 1. The molecule has 0 bridgehead atoms. The molecule has 0 aliphatic carbocycles. The molecule has 1 atom stereocenters. The average molecular weight is 309 g/mol. The number of halogens is 1. The number of hydrogen-bond donors (Lipinski definition) is 1. The molecule has 0 radical (unpaired) electrons. The van der Waals surface area contributed by atoms with E-state index in [1.807, 2.05) is 12.1 Å². The normalized spacial score (nSPS) is 12.4. The van der Waals surface area contributed by atoms with E-state index in [-0.39, 0.29) is 0 Å². The minimum Gasteiger partial charge on any atom is -0.370 e. The highest BCUT2D eigenvalue weighted by molar-refractivity contribution is 7.09. The topological polar surface area (TPSA) is 29.3 Å². The van der Waals surface area contributed by atoms with Crippen molar-refractivity contribution in [2.75, 3.05) is 18.5 Å². The summed E-state index contributed by atoms with van der Waals surface area (Å²) in [5.41, 5.74) is 8.04. The highest BCUT2D eigenvalue weighted by Crippen LogP contribution is 2.31. The molecule has 1 unspecified atom stereocenters. The van der Waals surface area contributed by atoms with Gasteiger partial charge < -0.3 is 10.6 Å². The lowest BCUT2D eigenvalue weighted by molar-refractivity contribution is 0.685. The van der Waals surface area contributed by atoms with Gasteiger partial charge in [-0.2, -0.15) is 0 Å². The molecule has 0 saturated carbocycles. The van der Waals surface area contributed by atoms with Crippen LogP contribution in [0, 0.1) is 0 Å². The molecule has 0 aliphatic rings. The zero-order valence-corrected chi connectivity index (χ0v) is 13.5. The standard InChI is InChI=1S/C16H21ClN2S/c1-12(11-14-6-4-10-20-14)19(2)16-13(8-9-18)5-3-7-15(16)17/h3-7,10,12H,8-9,11,18H2,1-2H3. The summed E-state index contributed by atoms with van der Waals surface area (Å²) in [7, 11) is 2.11. The minimum atomic E-state index is 0.394. The number of nitrogens with two attached hydrogens (primary N) is 1. The highest BCUT2D eigenvalue weighted by Gasteiger charge is 2.17. The second-order valence-corrected chi connectivity index (χ2v) is 6.47. The van der Waals surface area contributed by atoms with Crippen LogP contribution in [0.25, 0.3) is 0 Å². The summed E-state index contributed by atoms with van der Waals surface area (Å²) in [6.07, 6.45) is 1.88. The summed E-state index contributed by atoms with van der Waals surface area (Å²) >= 11 is 8.21. The first kappa shape index (κ1) is 15.4. The van der Waals surface area contributed by atoms with Crippen LogP contribution in [-0.2, 0) is 12.8 Å². The molecular formula is C16H21ClN2S. The van der Waals surface area contributed by atoms with Crippen molar-refractivity contribution in [1.82, 2.24) is 0 Å². The first-order valence-electron chi connectivity index (χ1n) is 6.86. The van der Waals surface area contributed by atoms with Crippen LogP contribution in [0.1, 0.15) is 17.4 Å². The monoisotopic (exact) mass is 308 g/mol. The molecule has 1 aromatic carbocycles. The molecule has 2 rings (SSSR count). The van der Waals surface area contributed by atoms with Gasteiger partial charge in [-0.05, 0) is 43.0 Å². The van der Waals surface area contributed by atoms with Gasteiger partial charge in [-0.25, -0.2) is 0 Å². The Hall–Kier alpha value is -1.03. The fourth-order valence-corrected chi connectivity index (χ4v) is 3.54. The van der Waals surface area contributed by atoms with Crippen LogP contribution in [0.3, 0.4) is 0 Å². The van der Waals surface area contributed by atoms with Crippen LogP contribution in [0.15, 0.2) is 35.7 Å². The Labute approximate surface area is 130 Å². The third kappa shape index (κ3) is 3.54. The van der Waals surface area contributed by atoms with E-state index >= 15 is 0 Å². The van der Waals surface area contributed by atoms with Gasteiger partial charge in [0.1, 0.15) is 0 Å². The molecule has 0 fully saturated rings. The van der Waals surface area contributed by atoms with Crippen LogP contribution < -0.4 is 10.6 Å². The summed E-state index contributed by atoms with van der Waals surface area (Å²) in [6.45, 7) is 2.87. The molecule has 2 aromatic rings. The van der Waals surface area contributed by atoms with Crippen LogP contribution in [0.5, 0.6) is 0 Å². The Bertz CT molecular complexity index is 539. The third-order valence-corrected chi connectivity index (χ3v) is 4.78. The highest BCUT2D eigenvalue weighted by atomic mass is 35.5. The Morgan fingerprint density at radius 1 is 1.30 bits per heavy atom. The van der Waals surface area contributed by atoms with Crippen molar-refractivity contribution in [3.05, 3.63) is 51.2 Å². The van der Waals surface area contributed by atoms with Crippen molar-refractivity contribution in [3.63, 3.8) is 0 Å². The van der Waals surface area contributed by atoms with Crippen molar-refractivity contribution in [3.8, 4) is 0 Å². The quantitative estimate of drug-likeness (QED) is 0.875. The van der Waals surface area contributed by atoms with Gasteiger partial charge in [-0.15, -0.1) is 11.3 Å². The number of nitrogens with zero attached hydrogens (tertiary/aromatic N) is 1. The zero-order valence-electron chi connectivity index (χ0n) is 12.0. The predicted molar refractivity (Wildman–Crippen MR) is 90.1 cm³/mol. The first-order chi connectivity index (χ1) is 9.63. The maximum Gasteiger partial charge on any atom is 0.0642 e. The van der Waals surface area contributed by atoms with Gasteiger partial charge in [-0.1, -0.05) is 29.8 Å². The molecule has 2 nitrogen and oxygen atoms in total. The van der Waals surface area contributed by atoms with E-state index in [2.05, 4.69) is 42.5 Å². The number of hydrogen-bond acceptors (Lipinski definition) is 3. The second-order valence-electron chi connectivity index (χ2n) is 5.03. The SMILES string of the molecule is CC(Cc1cccs1)N(C)c1c(Cl)cccc1CCN. The Balaban J connectivity index is 2.21. The van der Waals surface area contributed by atoms with E-state index in [0.717, 1.165) is 23.6 Å². The zero-order chi connectivity index (χ0) is 14.5. The minimum absolute atomic E-state index is 0.394. The molecule has 108 valence electrons. The first-order valence-corrected chi connectivity index (χ1v) is 8.12. The van der Waals surface area contributed by atoms with E-state index in [0.29, 0.717) is 12.6 Å². The Kier molecular flexibility index (Phi) is 5.46. The molecule has 0 aliphatic heterocycles. The van der Waals surface area contributed by atoms with Crippen LogP contribution in [-0.4, -0.2) is 19.6 Å². The largest absolute Gasteiger partial charge is 0.370 e. The van der Waals surface area contributed by atoms with Gasteiger partial charge in [0.15, 0.2) is 0 Å². The van der Waals surface area contributed by atoms with Gasteiger partial charge in [0.2, 0.25) is 0 Å². The van der Waals surface area contributed by atoms with Gasteiger partial charge >= 0.3 is 0 Å².